The van der Waals surface area contributed by atoms with Gasteiger partial charge in [-0.1, -0.05) is 12.1 Å². The number of nitrogens with zero attached hydrogens (tertiary/aromatic N) is 2. The summed E-state index contributed by atoms with van der Waals surface area (Å²) in [6.45, 7) is 1.50. The van der Waals surface area contributed by atoms with Gasteiger partial charge in [-0.2, -0.15) is 5.10 Å². The number of hydrogen-bond acceptors (Lipinski definition) is 5. The number of rotatable bonds is 8. The minimum Gasteiger partial charge on any atom is -0.497 e. The Morgan fingerprint density at radius 1 is 1.28 bits per heavy atom. The highest BCUT2D eigenvalue weighted by atomic mass is 16.5. The second-order valence-electron chi connectivity index (χ2n) is 6.13. The van der Waals surface area contributed by atoms with Gasteiger partial charge in [-0.15, -0.1) is 0 Å². The van der Waals surface area contributed by atoms with Gasteiger partial charge in [-0.05, 0) is 38.4 Å². The Morgan fingerprint density at radius 2 is 2.16 bits per heavy atom. The number of furan rings is 1. The predicted octanol–water partition coefficient (Wildman–Crippen LogP) is 3.07. The van der Waals surface area contributed by atoms with Gasteiger partial charge in [0.25, 0.3) is 0 Å². The van der Waals surface area contributed by atoms with E-state index in [2.05, 4.69) is 20.4 Å². The normalized spacial score (nSPS) is 12.5. The van der Waals surface area contributed by atoms with Crippen LogP contribution >= 0.6 is 0 Å². The molecule has 2 N–H and O–H groups in total. The standard InChI is InChI=1S/C19H24N4O2/c1-23(2)17(18-8-5-9-25-18)13-20-11-15-12-21-22-19(15)14-6-4-7-16(10-14)24-3/h4-10,12,17,20H,11,13H2,1-3H3,(H,21,22). The first-order valence-electron chi connectivity index (χ1n) is 8.26. The second-order valence-corrected chi connectivity index (χ2v) is 6.13. The SMILES string of the molecule is COc1cccc(-c2[nH]ncc2CNCC(c2ccco2)N(C)C)c1. The van der Waals surface area contributed by atoms with Gasteiger partial charge in [0.2, 0.25) is 0 Å². The third kappa shape index (κ3) is 4.10. The van der Waals surface area contributed by atoms with Crippen LogP contribution < -0.4 is 10.1 Å². The monoisotopic (exact) mass is 340 g/mol. The molecule has 1 aromatic carbocycles. The molecule has 0 amide bonds. The zero-order valence-electron chi connectivity index (χ0n) is 14.8. The largest absolute Gasteiger partial charge is 0.497 e. The number of likely N-dealkylation sites (N-methyl/N-ethyl adjacent to an activating group) is 1. The molecule has 0 aliphatic heterocycles. The summed E-state index contributed by atoms with van der Waals surface area (Å²) in [7, 11) is 5.77. The van der Waals surface area contributed by atoms with E-state index < -0.39 is 0 Å². The second kappa shape index (κ2) is 8.00. The van der Waals surface area contributed by atoms with Crippen molar-refractivity contribution in [3.05, 3.63) is 60.2 Å². The summed E-state index contributed by atoms with van der Waals surface area (Å²) in [5.41, 5.74) is 3.18. The van der Waals surface area contributed by atoms with Gasteiger partial charge in [0.1, 0.15) is 11.5 Å². The van der Waals surface area contributed by atoms with E-state index in [1.165, 1.54) is 0 Å². The Balaban J connectivity index is 1.67. The molecule has 6 nitrogen and oxygen atoms in total. The molecule has 0 fully saturated rings. The maximum absolute atomic E-state index is 5.55. The molecule has 132 valence electrons. The van der Waals surface area contributed by atoms with E-state index in [1.54, 1.807) is 13.4 Å². The minimum atomic E-state index is 0.183. The van der Waals surface area contributed by atoms with Crippen molar-refractivity contribution in [2.75, 3.05) is 27.7 Å². The summed E-state index contributed by atoms with van der Waals surface area (Å²) in [5, 5.41) is 10.8. The first-order valence-corrected chi connectivity index (χ1v) is 8.26. The van der Waals surface area contributed by atoms with E-state index in [4.69, 9.17) is 9.15 Å². The fraction of sp³-hybridized carbons (Fsp3) is 0.316. The average Bonchev–Trinajstić information content (AvgIpc) is 3.30. The molecule has 25 heavy (non-hydrogen) atoms. The van der Waals surface area contributed by atoms with Crippen molar-refractivity contribution in [2.45, 2.75) is 12.6 Å². The van der Waals surface area contributed by atoms with Crippen LogP contribution in [0.25, 0.3) is 11.3 Å². The van der Waals surface area contributed by atoms with Crippen LogP contribution in [0.3, 0.4) is 0 Å². The first kappa shape index (κ1) is 17.3. The molecule has 0 radical (unpaired) electrons. The smallest absolute Gasteiger partial charge is 0.122 e. The lowest BCUT2D eigenvalue weighted by molar-refractivity contribution is 0.250. The van der Waals surface area contributed by atoms with Gasteiger partial charge in [0.15, 0.2) is 0 Å². The molecular formula is C19H24N4O2. The van der Waals surface area contributed by atoms with Gasteiger partial charge < -0.3 is 14.5 Å². The zero-order chi connectivity index (χ0) is 17.6. The van der Waals surface area contributed by atoms with Crippen LogP contribution in [0.15, 0.2) is 53.3 Å². The molecule has 3 rings (SSSR count). The van der Waals surface area contributed by atoms with E-state index in [1.807, 2.05) is 56.7 Å². The molecule has 2 aromatic heterocycles. The molecule has 0 aliphatic rings. The molecule has 1 atom stereocenters. The molecule has 0 spiro atoms. The molecule has 6 heteroatoms. The minimum absolute atomic E-state index is 0.183. The lowest BCUT2D eigenvalue weighted by atomic mass is 10.1. The highest BCUT2D eigenvalue weighted by molar-refractivity contribution is 5.64. The van der Waals surface area contributed by atoms with E-state index in [0.29, 0.717) is 6.54 Å². The highest BCUT2D eigenvalue weighted by Gasteiger charge is 2.17. The van der Waals surface area contributed by atoms with Gasteiger partial charge in [-0.3, -0.25) is 10.00 Å². The number of H-pyrrole nitrogens is 1. The number of benzene rings is 1. The van der Waals surface area contributed by atoms with Crippen LogP contribution in [-0.4, -0.2) is 42.8 Å². The molecule has 0 saturated heterocycles. The van der Waals surface area contributed by atoms with Crippen LogP contribution in [-0.2, 0) is 6.54 Å². The van der Waals surface area contributed by atoms with Gasteiger partial charge in [0, 0.05) is 24.2 Å². The number of aromatic nitrogens is 2. The van der Waals surface area contributed by atoms with Crippen LogP contribution in [0, 0.1) is 0 Å². The Labute approximate surface area is 147 Å². The van der Waals surface area contributed by atoms with E-state index in [-0.39, 0.29) is 6.04 Å². The third-order valence-electron chi connectivity index (χ3n) is 4.22. The fourth-order valence-corrected chi connectivity index (χ4v) is 2.84. The molecular weight excluding hydrogens is 316 g/mol. The highest BCUT2D eigenvalue weighted by Crippen LogP contribution is 2.25. The average molecular weight is 340 g/mol. The molecule has 0 aliphatic carbocycles. The van der Waals surface area contributed by atoms with Crippen molar-refractivity contribution in [3.8, 4) is 17.0 Å². The Kier molecular flexibility index (Phi) is 5.53. The lowest BCUT2D eigenvalue weighted by Crippen LogP contribution is -2.30. The summed E-state index contributed by atoms with van der Waals surface area (Å²) < 4.78 is 10.9. The van der Waals surface area contributed by atoms with Gasteiger partial charge >= 0.3 is 0 Å². The number of ether oxygens (including phenoxy) is 1. The van der Waals surface area contributed by atoms with Crippen LogP contribution in [0.5, 0.6) is 5.75 Å². The van der Waals surface area contributed by atoms with Gasteiger partial charge in [-0.25, -0.2) is 0 Å². The quantitative estimate of drug-likeness (QED) is 0.660. The van der Waals surface area contributed by atoms with Crippen molar-refractivity contribution < 1.29 is 9.15 Å². The predicted molar refractivity (Wildman–Crippen MR) is 97.4 cm³/mol. The molecule has 2 heterocycles. The third-order valence-corrected chi connectivity index (χ3v) is 4.22. The lowest BCUT2D eigenvalue weighted by Gasteiger charge is -2.22. The van der Waals surface area contributed by atoms with Crippen LogP contribution in [0.4, 0.5) is 0 Å². The molecule has 3 aromatic rings. The van der Waals surface area contributed by atoms with E-state index >= 15 is 0 Å². The van der Waals surface area contributed by atoms with Crippen LogP contribution in [0.1, 0.15) is 17.4 Å². The van der Waals surface area contributed by atoms with E-state index in [9.17, 15) is 0 Å². The Morgan fingerprint density at radius 3 is 2.88 bits per heavy atom. The first-order chi connectivity index (χ1) is 12.2. The van der Waals surface area contributed by atoms with Gasteiger partial charge in [0.05, 0.1) is 31.3 Å². The molecule has 0 saturated carbocycles. The summed E-state index contributed by atoms with van der Waals surface area (Å²) in [6.07, 6.45) is 3.57. The van der Waals surface area contributed by atoms with Crippen molar-refractivity contribution in [1.29, 1.82) is 0 Å². The number of nitrogens with one attached hydrogen (secondary N) is 2. The number of hydrogen-bond donors (Lipinski definition) is 2. The molecule has 0 bridgehead atoms. The van der Waals surface area contributed by atoms with Crippen LogP contribution in [0.2, 0.25) is 0 Å². The fourth-order valence-electron chi connectivity index (χ4n) is 2.84. The molecule has 1 unspecified atom stereocenters. The van der Waals surface area contributed by atoms with Crippen molar-refractivity contribution >= 4 is 0 Å². The Bertz CT molecular complexity index is 780. The zero-order valence-corrected chi connectivity index (χ0v) is 14.8. The van der Waals surface area contributed by atoms with Crippen molar-refractivity contribution in [2.24, 2.45) is 0 Å². The maximum atomic E-state index is 5.55. The van der Waals surface area contributed by atoms with E-state index in [0.717, 1.165) is 34.9 Å². The Hall–Kier alpha value is -2.57. The number of methoxy groups -OCH3 is 1. The summed E-state index contributed by atoms with van der Waals surface area (Å²) >= 11 is 0. The summed E-state index contributed by atoms with van der Waals surface area (Å²) in [4.78, 5) is 2.14. The summed E-state index contributed by atoms with van der Waals surface area (Å²) in [6, 6.07) is 12.1. The number of aromatic amines is 1. The van der Waals surface area contributed by atoms with Crippen molar-refractivity contribution in [3.63, 3.8) is 0 Å². The summed E-state index contributed by atoms with van der Waals surface area (Å²) in [5.74, 6) is 1.79. The topological polar surface area (TPSA) is 66.3 Å². The maximum Gasteiger partial charge on any atom is 0.122 e. The van der Waals surface area contributed by atoms with Crippen molar-refractivity contribution in [1.82, 2.24) is 20.4 Å².